The number of halogens is 2. The van der Waals surface area contributed by atoms with Gasteiger partial charge in [0, 0.05) is 19.7 Å². The maximum atomic E-state index is 14.3. The summed E-state index contributed by atoms with van der Waals surface area (Å²) in [6, 6.07) is 1.50. The molecule has 1 atom stereocenters. The molecular weight excluding hydrogens is 269 g/mol. The Morgan fingerprint density at radius 2 is 2.21 bits per heavy atom. The number of benzene rings is 1. The molecule has 1 fully saturated rings. The second-order valence-electron chi connectivity index (χ2n) is 4.71. The molecule has 0 bridgehead atoms. The minimum Gasteiger partial charge on any atom is -0.397 e. The average molecular weight is 288 g/mol. The monoisotopic (exact) mass is 287 g/mol. The van der Waals surface area contributed by atoms with Crippen LogP contribution in [0, 0.1) is 5.82 Å². The second-order valence-corrected chi connectivity index (χ2v) is 5.08. The Bertz CT molecular complexity index is 464. The van der Waals surface area contributed by atoms with Crippen LogP contribution in [0.25, 0.3) is 0 Å². The molecule has 1 unspecified atom stereocenters. The number of rotatable bonds is 4. The minimum absolute atomic E-state index is 0.0741. The normalized spacial score (nSPS) is 18.8. The summed E-state index contributed by atoms with van der Waals surface area (Å²) in [5.74, 6) is -0.556. The van der Waals surface area contributed by atoms with E-state index >= 15 is 0 Å². The molecule has 1 aromatic rings. The third kappa shape index (κ3) is 2.87. The molecule has 19 heavy (non-hydrogen) atoms. The van der Waals surface area contributed by atoms with Gasteiger partial charge in [0.15, 0.2) is 5.82 Å². The van der Waals surface area contributed by atoms with Crippen LogP contribution in [-0.4, -0.2) is 25.8 Å². The van der Waals surface area contributed by atoms with Crippen LogP contribution in [-0.2, 0) is 4.74 Å². The quantitative estimate of drug-likeness (QED) is 0.836. The van der Waals surface area contributed by atoms with E-state index in [0.29, 0.717) is 24.5 Å². The van der Waals surface area contributed by atoms with Crippen molar-refractivity contribution < 1.29 is 9.13 Å². The van der Waals surface area contributed by atoms with Gasteiger partial charge in [-0.25, -0.2) is 4.39 Å². The molecule has 106 valence electrons. The molecule has 1 aliphatic rings. The third-order valence-corrected chi connectivity index (χ3v) is 3.77. The molecule has 1 aromatic carbocycles. The van der Waals surface area contributed by atoms with E-state index in [2.05, 4.69) is 0 Å². The first-order chi connectivity index (χ1) is 9.04. The van der Waals surface area contributed by atoms with E-state index in [4.69, 9.17) is 27.8 Å². The van der Waals surface area contributed by atoms with Gasteiger partial charge in [0.1, 0.15) is 5.02 Å². The third-order valence-electron chi connectivity index (χ3n) is 3.38. The number of hydrogen-bond acceptors (Lipinski definition) is 4. The predicted molar refractivity (Wildman–Crippen MR) is 77.1 cm³/mol. The maximum Gasteiger partial charge on any atom is 0.169 e. The Kier molecular flexibility index (Phi) is 4.37. The van der Waals surface area contributed by atoms with Gasteiger partial charge in [0.2, 0.25) is 0 Å². The van der Waals surface area contributed by atoms with Crippen LogP contribution < -0.4 is 16.4 Å². The predicted octanol–water partition coefficient (Wildman–Crippen LogP) is 2.65. The summed E-state index contributed by atoms with van der Waals surface area (Å²) in [6.45, 7) is 3.94. The Hall–Kier alpha value is -1.20. The topological polar surface area (TPSA) is 64.5 Å². The summed E-state index contributed by atoms with van der Waals surface area (Å²) in [7, 11) is 0. The van der Waals surface area contributed by atoms with Crippen molar-refractivity contribution in [3.8, 4) is 0 Å². The highest BCUT2D eigenvalue weighted by Crippen LogP contribution is 2.36. The largest absolute Gasteiger partial charge is 0.397 e. The van der Waals surface area contributed by atoms with Crippen LogP contribution in [0.15, 0.2) is 6.07 Å². The van der Waals surface area contributed by atoms with E-state index in [1.54, 1.807) is 0 Å². The molecule has 0 aromatic heterocycles. The molecule has 6 heteroatoms. The standard InChI is InChI=1S/C13H19ClFN3O/c1-2-18(7-8-4-3-5-19-8)13-10(17)6-9(16)11(14)12(13)15/h6,8H,2-5,7,16-17H2,1H3. The van der Waals surface area contributed by atoms with Gasteiger partial charge in [-0.15, -0.1) is 0 Å². The zero-order chi connectivity index (χ0) is 14.0. The summed E-state index contributed by atoms with van der Waals surface area (Å²) in [5, 5.41) is -0.0741. The first-order valence-corrected chi connectivity index (χ1v) is 6.81. The van der Waals surface area contributed by atoms with Crippen molar-refractivity contribution in [1.82, 2.24) is 0 Å². The molecule has 0 aliphatic carbocycles. The van der Waals surface area contributed by atoms with Crippen molar-refractivity contribution >= 4 is 28.7 Å². The average Bonchev–Trinajstić information content (AvgIpc) is 2.87. The molecule has 1 aliphatic heterocycles. The van der Waals surface area contributed by atoms with Crippen molar-refractivity contribution in [3.05, 3.63) is 16.9 Å². The molecule has 0 amide bonds. The first kappa shape index (κ1) is 14.2. The van der Waals surface area contributed by atoms with Crippen LogP contribution in [0.3, 0.4) is 0 Å². The van der Waals surface area contributed by atoms with Crippen molar-refractivity contribution in [2.75, 3.05) is 36.1 Å². The SMILES string of the molecule is CCN(CC1CCCO1)c1c(N)cc(N)c(Cl)c1F. The number of hydrogen-bond donors (Lipinski definition) is 2. The number of anilines is 3. The first-order valence-electron chi connectivity index (χ1n) is 6.44. The summed E-state index contributed by atoms with van der Waals surface area (Å²) < 4.78 is 19.8. The van der Waals surface area contributed by atoms with E-state index in [9.17, 15) is 4.39 Å². The Labute approximate surface area is 117 Å². The van der Waals surface area contributed by atoms with Crippen molar-refractivity contribution in [1.29, 1.82) is 0 Å². The number of ether oxygens (including phenoxy) is 1. The van der Waals surface area contributed by atoms with Gasteiger partial charge < -0.3 is 21.1 Å². The number of likely N-dealkylation sites (N-methyl/N-ethyl adjacent to an activating group) is 1. The van der Waals surface area contributed by atoms with Gasteiger partial charge in [0.05, 0.1) is 23.2 Å². The Balaban J connectivity index is 2.29. The molecule has 0 saturated carbocycles. The van der Waals surface area contributed by atoms with Crippen molar-refractivity contribution in [2.24, 2.45) is 0 Å². The van der Waals surface area contributed by atoms with Gasteiger partial charge in [0.25, 0.3) is 0 Å². The summed E-state index contributed by atoms with van der Waals surface area (Å²) in [6.07, 6.45) is 2.15. The lowest BCUT2D eigenvalue weighted by molar-refractivity contribution is 0.115. The van der Waals surface area contributed by atoms with Gasteiger partial charge in [-0.3, -0.25) is 0 Å². The van der Waals surface area contributed by atoms with Crippen LogP contribution in [0.4, 0.5) is 21.5 Å². The van der Waals surface area contributed by atoms with Crippen molar-refractivity contribution in [3.63, 3.8) is 0 Å². The Morgan fingerprint density at radius 3 is 2.79 bits per heavy atom. The summed E-state index contributed by atoms with van der Waals surface area (Å²) in [4.78, 5) is 1.85. The zero-order valence-corrected chi connectivity index (χ0v) is 11.7. The second kappa shape index (κ2) is 5.84. The fraction of sp³-hybridized carbons (Fsp3) is 0.538. The lowest BCUT2D eigenvalue weighted by Crippen LogP contribution is -2.33. The molecular formula is C13H19ClFN3O. The fourth-order valence-electron chi connectivity index (χ4n) is 2.39. The summed E-state index contributed by atoms with van der Waals surface area (Å²) >= 11 is 5.86. The van der Waals surface area contributed by atoms with Gasteiger partial charge >= 0.3 is 0 Å². The highest BCUT2D eigenvalue weighted by atomic mass is 35.5. The molecule has 2 rings (SSSR count). The summed E-state index contributed by atoms with van der Waals surface area (Å²) in [5.41, 5.74) is 12.3. The Morgan fingerprint density at radius 1 is 1.47 bits per heavy atom. The van der Waals surface area contributed by atoms with Gasteiger partial charge in [-0.1, -0.05) is 11.6 Å². The van der Waals surface area contributed by atoms with Crippen LogP contribution in [0.2, 0.25) is 5.02 Å². The van der Waals surface area contributed by atoms with Gasteiger partial charge in [-0.2, -0.15) is 0 Å². The molecule has 0 radical (unpaired) electrons. The molecule has 1 saturated heterocycles. The fourth-order valence-corrected chi connectivity index (χ4v) is 2.53. The zero-order valence-electron chi connectivity index (χ0n) is 11.0. The minimum atomic E-state index is -0.556. The smallest absolute Gasteiger partial charge is 0.169 e. The lowest BCUT2D eigenvalue weighted by atomic mass is 10.1. The van der Waals surface area contributed by atoms with Crippen LogP contribution in [0.5, 0.6) is 0 Å². The molecule has 4 nitrogen and oxygen atoms in total. The highest BCUT2D eigenvalue weighted by Gasteiger charge is 2.23. The van der Waals surface area contributed by atoms with E-state index < -0.39 is 5.82 Å². The number of nitrogens with two attached hydrogens (primary N) is 2. The van der Waals surface area contributed by atoms with E-state index in [0.717, 1.165) is 19.4 Å². The van der Waals surface area contributed by atoms with E-state index in [1.807, 2.05) is 11.8 Å². The van der Waals surface area contributed by atoms with Gasteiger partial charge in [-0.05, 0) is 25.8 Å². The van der Waals surface area contributed by atoms with E-state index in [1.165, 1.54) is 6.07 Å². The van der Waals surface area contributed by atoms with Crippen LogP contribution in [0.1, 0.15) is 19.8 Å². The molecule has 0 spiro atoms. The van der Waals surface area contributed by atoms with Crippen LogP contribution >= 0.6 is 11.6 Å². The lowest BCUT2D eigenvalue weighted by Gasteiger charge is -2.28. The number of nitrogens with zero attached hydrogens (tertiary/aromatic N) is 1. The number of nitrogen functional groups attached to an aromatic ring is 2. The highest BCUT2D eigenvalue weighted by molar-refractivity contribution is 6.33. The van der Waals surface area contributed by atoms with Crippen molar-refractivity contribution in [2.45, 2.75) is 25.9 Å². The molecule has 1 heterocycles. The maximum absolute atomic E-state index is 14.3. The molecule has 4 N–H and O–H groups in total. The van der Waals surface area contributed by atoms with E-state index in [-0.39, 0.29) is 16.8 Å².